The van der Waals surface area contributed by atoms with Crippen LogP contribution in [0, 0.1) is 12.7 Å². The molecule has 4 rings (SSSR count). The third-order valence-electron chi connectivity index (χ3n) is 5.39. The van der Waals surface area contributed by atoms with Crippen LogP contribution in [-0.4, -0.2) is 23.9 Å². The molecule has 1 aromatic heterocycles. The molecule has 1 heterocycles. The van der Waals surface area contributed by atoms with E-state index in [1.54, 1.807) is 48.3 Å². The summed E-state index contributed by atoms with van der Waals surface area (Å²) in [7, 11) is -2.05. The number of para-hydroxylation sites is 1. The van der Waals surface area contributed by atoms with E-state index in [1.807, 2.05) is 19.1 Å². The molecule has 2 N–H and O–H groups in total. The van der Waals surface area contributed by atoms with Crippen molar-refractivity contribution in [2.75, 3.05) is 4.72 Å². The number of nitrogens with one attached hydrogen (secondary N) is 2. The van der Waals surface area contributed by atoms with Crippen LogP contribution in [0.4, 0.5) is 10.1 Å². The number of aromatic nitrogens is 2. The molecule has 0 aliphatic carbocycles. The molecule has 9 heteroatoms. The Balaban J connectivity index is 1.57. The Morgan fingerprint density at radius 1 is 1.03 bits per heavy atom. The Labute approximate surface area is 197 Å². The van der Waals surface area contributed by atoms with E-state index in [0.29, 0.717) is 17.1 Å². The Morgan fingerprint density at radius 3 is 2.41 bits per heavy atom. The van der Waals surface area contributed by atoms with Gasteiger partial charge in [0.2, 0.25) is 0 Å². The molecule has 0 saturated carbocycles. The third kappa shape index (κ3) is 4.99. The molecule has 174 valence electrons. The van der Waals surface area contributed by atoms with Gasteiger partial charge in [0.1, 0.15) is 17.7 Å². The maximum Gasteiger partial charge on any atom is 0.261 e. The van der Waals surface area contributed by atoms with Crippen LogP contribution >= 0.6 is 0 Å². The van der Waals surface area contributed by atoms with E-state index in [0.717, 1.165) is 5.56 Å². The van der Waals surface area contributed by atoms with E-state index in [2.05, 4.69) is 15.0 Å². The van der Waals surface area contributed by atoms with Crippen LogP contribution in [0.3, 0.4) is 0 Å². The molecule has 0 aliphatic rings. The van der Waals surface area contributed by atoms with E-state index in [9.17, 15) is 17.6 Å². The monoisotopic (exact) mass is 478 g/mol. The summed E-state index contributed by atoms with van der Waals surface area (Å²) >= 11 is 0. The number of hydrogen-bond acceptors (Lipinski definition) is 4. The van der Waals surface area contributed by atoms with Gasteiger partial charge in [-0.25, -0.2) is 17.8 Å². The second kappa shape index (κ2) is 9.48. The fraction of sp³-hybridized carbons (Fsp3) is 0.120. The topological polar surface area (TPSA) is 93.1 Å². The molecular formula is C25H23FN4O3S. The lowest BCUT2D eigenvalue weighted by molar-refractivity contribution is 0.0941. The van der Waals surface area contributed by atoms with Gasteiger partial charge in [-0.15, -0.1) is 0 Å². The van der Waals surface area contributed by atoms with E-state index in [1.165, 1.54) is 36.4 Å². The maximum absolute atomic E-state index is 13.9. The van der Waals surface area contributed by atoms with Crippen molar-refractivity contribution >= 4 is 21.6 Å². The van der Waals surface area contributed by atoms with Crippen LogP contribution in [0.2, 0.25) is 0 Å². The van der Waals surface area contributed by atoms with Gasteiger partial charge in [0.25, 0.3) is 15.9 Å². The van der Waals surface area contributed by atoms with Gasteiger partial charge < -0.3 is 9.88 Å². The molecule has 3 aromatic carbocycles. The number of imidazole rings is 1. The van der Waals surface area contributed by atoms with Crippen LogP contribution in [0.15, 0.2) is 90.1 Å². The number of benzene rings is 3. The summed E-state index contributed by atoms with van der Waals surface area (Å²) in [6.07, 6.45) is 3.32. The summed E-state index contributed by atoms with van der Waals surface area (Å²) in [5.74, 6) is -0.352. The highest BCUT2D eigenvalue weighted by atomic mass is 32.2. The number of hydrogen-bond donors (Lipinski definition) is 2. The number of amides is 1. The molecule has 34 heavy (non-hydrogen) atoms. The van der Waals surface area contributed by atoms with Gasteiger partial charge in [0.15, 0.2) is 0 Å². The largest absolute Gasteiger partial charge is 0.338 e. The highest BCUT2D eigenvalue weighted by Gasteiger charge is 2.23. The standard InChI is InChI=1S/C25H23FN4O3S/c1-17-6-3-4-9-22(17)29-34(32,33)21-12-10-18(11-13-21)25(31)28-23(24-27-14-15-30(24)2)19-7-5-8-20(26)16-19/h3-16,23,29H,1-2H3,(H,28,31). The Morgan fingerprint density at radius 2 is 1.76 bits per heavy atom. The van der Waals surface area contributed by atoms with Gasteiger partial charge in [0, 0.05) is 25.0 Å². The minimum atomic E-state index is -3.83. The van der Waals surface area contributed by atoms with E-state index >= 15 is 0 Å². The first-order valence-corrected chi connectivity index (χ1v) is 11.9. The van der Waals surface area contributed by atoms with Crippen LogP contribution in [0.25, 0.3) is 0 Å². The third-order valence-corrected chi connectivity index (χ3v) is 6.77. The average Bonchev–Trinajstić information content (AvgIpc) is 3.24. The summed E-state index contributed by atoms with van der Waals surface area (Å²) < 4.78 is 43.7. The Kier molecular flexibility index (Phi) is 6.47. The van der Waals surface area contributed by atoms with Crippen molar-refractivity contribution in [3.05, 3.63) is 114 Å². The number of anilines is 1. The molecule has 7 nitrogen and oxygen atoms in total. The number of halogens is 1. The summed E-state index contributed by atoms with van der Waals surface area (Å²) in [5.41, 5.74) is 2.06. The van der Waals surface area contributed by atoms with Crippen LogP contribution in [0.5, 0.6) is 0 Å². The van der Waals surface area contributed by atoms with Crippen molar-refractivity contribution in [2.45, 2.75) is 17.9 Å². The summed E-state index contributed by atoms with van der Waals surface area (Å²) in [5, 5.41) is 2.87. The Bertz CT molecular complexity index is 1430. The van der Waals surface area contributed by atoms with Gasteiger partial charge in [-0.2, -0.15) is 0 Å². The normalized spacial score (nSPS) is 12.2. The molecule has 0 radical (unpaired) electrons. The number of aryl methyl sites for hydroxylation is 2. The van der Waals surface area contributed by atoms with Gasteiger partial charge in [-0.05, 0) is 60.5 Å². The molecule has 0 fully saturated rings. The first-order chi connectivity index (χ1) is 16.2. The average molecular weight is 479 g/mol. The van der Waals surface area contributed by atoms with Crippen LogP contribution in [0.1, 0.15) is 33.4 Å². The van der Waals surface area contributed by atoms with Crippen LogP contribution in [-0.2, 0) is 17.1 Å². The van der Waals surface area contributed by atoms with Crippen LogP contribution < -0.4 is 10.0 Å². The zero-order valence-corrected chi connectivity index (χ0v) is 19.4. The molecule has 0 spiro atoms. The van der Waals surface area contributed by atoms with E-state index in [4.69, 9.17) is 0 Å². The molecule has 0 saturated heterocycles. The van der Waals surface area contributed by atoms with Gasteiger partial charge in [-0.3, -0.25) is 9.52 Å². The lowest BCUT2D eigenvalue weighted by atomic mass is 10.0. The highest BCUT2D eigenvalue weighted by Crippen LogP contribution is 2.23. The number of nitrogens with zero attached hydrogens (tertiary/aromatic N) is 2. The zero-order valence-electron chi connectivity index (χ0n) is 18.6. The second-order valence-corrected chi connectivity index (χ2v) is 9.49. The van der Waals surface area contributed by atoms with Crippen molar-refractivity contribution in [1.82, 2.24) is 14.9 Å². The first kappa shape index (κ1) is 23.2. The van der Waals surface area contributed by atoms with Crippen molar-refractivity contribution in [3.63, 3.8) is 0 Å². The molecular weight excluding hydrogens is 455 g/mol. The molecule has 0 bridgehead atoms. The molecule has 1 atom stereocenters. The second-order valence-electron chi connectivity index (χ2n) is 7.80. The number of rotatable bonds is 7. The number of carbonyl (C=O) groups excluding carboxylic acids is 1. The predicted molar refractivity (Wildman–Crippen MR) is 127 cm³/mol. The minimum Gasteiger partial charge on any atom is -0.338 e. The van der Waals surface area contributed by atoms with Crippen molar-refractivity contribution in [2.24, 2.45) is 7.05 Å². The van der Waals surface area contributed by atoms with Gasteiger partial charge >= 0.3 is 0 Å². The first-order valence-electron chi connectivity index (χ1n) is 10.5. The fourth-order valence-corrected chi connectivity index (χ4v) is 4.66. The fourth-order valence-electron chi connectivity index (χ4n) is 3.53. The van der Waals surface area contributed by atoms with Gasteiger partial charge in [0.05, 0.1) is 10.6 Å². The Hall–Kier alpha value is -3.98. The lowest BCUT2D eigenvalue weighted by Gasteiger charge is -2.19. The summed E-state index contributed by atoms with van der Waals surface area (Å²) in [6.45, 7) is 1.81. The number of sulfonamides is 1. The summed E-state index contributed by atoms with van der Waals surface area (Å²) in [4.78, 5) is 17.3. The van der Waals surface area contributed by atoms with Gasteiger partial charge in [-0.1, -0.05) is 30.3 Å². The molecule has 1 unspecified atom stereocenters. The quantitative estimate of drug-likeness (QED) is 0.417. The maximum atomic E-state index is 13.9. The SMILES string of the molecule is Cc1ccccc1NS(=O)(=O)c1ccc(C(=O)NC(c2cccc(F)c2)c2nccn2C)cc1. The lowest BCUT2D eigenvalue weighted by Crippen LogP contribution is -2.31. The van der Waals surface area contributed by atoms with E-state index < -0.39 is 27.8 Å². The zero-order chi connectivity index (χ0) is 24.3. The molecule has 4 aromatic rings. The van der Waals surface area contributed by atoms with Crippen molar-refractivity contribution in [1.29, 1.82) is 0 Å². The van der Waals surface area contributed by atoms with Crippen molar-refractivity contribution in [3.8, 4) is 0 Å². The minimum absolute atomic E-state index is 0.0260. The summed E-state index contributed by atoms with van der Waals surface area (Å²) in [6, 6.07) is 17.9. The molecule has 0 aliphatic heterocycles. The molecule has 1 amide bonds. The number of carbonyl (C=O) groups is 1. The smallest absolute Gasteiger partial charge is 0.261 e. The highest BCUT2D eigenvalue weighted by molar-refractivity contribution is 7.92. The van der Waals surface area contributed by atoms with E-state index in [-0.39, 0.29) is 10.5 Å². The van der Waals surface area contributed by atoms with Crippen molar-refractivity contribution < 1.29 is 17.6 Å². The predicted octanol–water partition coefficient (Wildman–Crippen LogP) is 4.19.